The molecule has 0 bridgehead atoms. The van der Waals surface area contributed by atoms with Crippen LogP contribution in [0, 0.1) is 0 Å². The molecule has 2 aromatic carbocycles. The third kappa shape index (κ3) is 5.08. The summed E-state index contributed by atoms with van der Waals surface area (Å²) in [4.78, 5) is 0.0180. The predicted octanol–water partition coefficient (Wildman–Crippen LogP) is 4.73. The number of benzene rings is 2. The SMILES string of the molecule is CCOP(=O)(OCC)/C(=C/c1ccc(OC)cc1)S(=O)(=O)c1ccccc1. The molecule has 6 nitrogen and oxygen atoms in total. The first kappa shape index (κ1) is 21.4. The maximum absolute atomic E-state index is 13.3. The van der Waals surface area contributed by atoms with Crippen molar-refractivity contribution in [1.82, 2.24) is 0 Å². The Morgan fingerprint density at radius 1 is 0.963 bits per heavy atom. The van der Waals surface area contributed by atoms with E-state index >= 15 is 0 Å². The quantitative estimate of drug-likeness (QED) is 0.556. The van der Waals surface area contributed by atoms with E-state index in [0.29, 0.717) is 11.3 Å². The van der Waals surface area contributed by atoms with Gasteiger partial charge in [-0.2, -0.15) is 0 Å². The van der Waals surface area contributed by atoms with Crippen molar-refractivity contribution < 1.29 is 26.8 Å². The van der Waals surface area contributed by atoms with Crippen LogP contribution in [0.2, 0.25) is 0 Å². The molecule has 0 aliphatic carbocycles. The monoisotopic (exact) mass is 410 g/mol. The molecule has 0 aliphatic heterocycles. The van der Waals surface area contributed by atoms with Crippen LogP contribution in [-0.2, 0) is 23.4 Å². The Labute approximate surface area is 160 Å². The van der Waals surface area contributed by atoms with Gasteiger partial charge in [0.1, 0.15) is 5.75 Å². The van der Waals surface area contributed by atoms with E-state index in [9.17, 15) is 13.0 Å². The standard InChI is InChI=1S/C19H23O6PS/c1-4-24-26(20,25-5-2)19(15-16-11-13-17(23-3)14-12-16)27(21,22)18-9-7-6-8-10-18/h6-15H,4-5H2,1-3H3/b19-15-. The van der Waals surface area contributed by atoms with E-state index in [1.54, 1.807) is 56.3 Å². The van der Waals surface area contributed by atoms with E-state index in [-0.39, 0.29) is 18.1 Å². The highest BCUT2D eigenvalue weighted by atomic mass is 32.2. The lowest BCUT2D eigenvalue weighted by Crippen LogP contribution is -2.09. The minimum absolute atomic E-state index is 0.0180. The molecule has 0 amide bonds. The van der Waals surface area contributed by atoms with Crippen LogP contribution in [-0.4, -0.2) is 28.7 Å². The van der Waals surface area contributed by atoms with Crippen LogP contribution >= 0.6 is 7.60 Å². The molecule has 0 heterocycles. The number of hydrogen-bond donors (Lipinski definition) is 0. The van der Waals surface area contributed by atoms with Crippen LogP contribution < -0.4 is 4.74 Å². The summed E-state index contributed by atoms with van der Waals surface area (Å²) in [6.07, 6.45) is 1.33. The van der Waals surface area contributed by atoms with Crippen molar-refractivity contribution >= 4 is 23.5 Å². The van der Waals surface area contributed by atoms with E-state index in [0.717, 1.165) is 0 Å². The van der Waals surface area contributed by atoms with Gasteiger partial charge in [0.25, 0.3) is 0 Å². The third-order valence-corrected chi connectivity index (χ3v) is 8.42. The van der Waals surface area contributed by atoms with Gasteiger partial charge in [0.05, 0.1) is 25.2 Å². The maximum atomic E-state index is 13.3. The molecule has 0 atom stereocenters. The molecule has 2 rings (SSSR count). The summed E-state index contributed by atoms with van der Waals surface area (Å²) in [5.41, 5.74) is 0.532. The second kappa shape index (κ2) is 9.33. The van der Waals surface area contributed by atoms with Crippen molar-refractivity contribution in [2.24, 2.45) is 0 Å². The molecule has 0 aromatic heterocycles. The van der Waals surface area contributed by atoms with Gasteiger partial charge in [0.15, 0.2) is 4.65 Å². The molecular formula is C19H23O6PS. The van der Waals surface area contributed by atoms with Crippen molar-refractivity contribution in [3.63, 3.8) is 0 Å². The Morgan fingerprint density at radius 3 is 2.00 bits per heavy atom. The van der Waals surface area contributed by atoms with Crippen molar-refractivity contribution in [3.05, 3.63) is 64.8 Å². The predicted molar refractivity (Wildman–Crippen MR) is 105 cm³/mol. The first-order valence-electron chi connectivity index (χ1n) is 8.43. The minimum atomic E-state index is -4.10. The Kier molecular flexibility index (Phi) is 7.39. The second-order valence-corrected chi connectivity index (χ2v) is 9.62. The average Bonchev–Trinajstić information content (AvgIpc) is 2.67. The van der Waals surface area contributed by atoms with Crippen LogP contribution in [0.25, 0.3) is 6.08 Å². The fourth-order valence-corrected chi connectivity index (χ4v) is 6.55. The molecule has 0 unspecified atom stereocenters. The summed E-state index contributed by atoms with van der Waals surface area (Å²) in [5.74, 6) is 0.623. The Bertz CT molecular complexity index is 910. The number of rotatable bonds is 9. The maximum Gasteiger partial charge on any atom is 0.373 e. The van der Waals surface area contributed by atoms with Gasteiger partial charge < -0.3 is 13.8 Å². The van der Waals surface area contributed by atoms with Crippen molar-refractivity contribution in [1.29, 1.82) is 0 Å². The van der Waals surface area contributed by atoms with Crippen LogP contribution in [0.4, 0.5) is 0 Å². The Balaban J connectivity index is 2.67. The molecule has 8 heteroatoms. The van der Waals surface area contributed by atoms with Gasteiger partial charge in [-0.25, -0.2) is 8.42 Å². The average molecular weight is 410 g/mol. The Hall–Kier alpha value is -1.92. The fourth-order valence-electron chi connectivity index (χ4n) is 2.37. The molecule has 2 aromatic rings. The zero-order valence-electron chi connectivity index (χ0n) is 15.5. The van der Waals surface area contributed by atoms with Crippen molar-refractivity contribution in [3.8, 4) is 5.75 Å². The highest BCUT2D eigenvalue weighted by Crippen LogP contribution is 2.59. The largest absolute Gasteiger partial charge is 0.497 e. The van der Waals surface area contributed by atoms with E-state index in [2.05, 4.69) is 0 Å². The topological polar surface area (TPSA) is 78.9 Å². The van der Waals surface area contributed by atoms with Crippen LogP contribution in [0.5, 0.6) is 5.75 Å². The highest BCUT2D eigenvalue weighted by Gasteiger charge is 2.39. The summed E-state index contributed by atoms with van der Waals surface area (Å²) >= 11 is 0. The van der Waals surface area contributed by atoms with E-state index in [1.165, 1.54) is 25.3 Å². The van der Waals surface area contributed by atoms with Crippen molar-refractivity contribution in [2.75, 3.05) is 20.3 Å². The summed E-state index contributed by atoms with van der Waals surface area (Å²) in [6.45, 7) is 3.35. The molecule has 146 valence electrons. The summed E-state index contributed by atoms with van der Waals surface area (Å²) in [7, 11) is -6.62. The van der Waals surface area contributed by atoms with Gasteiger partial charge in [-0.3, -0.25) is 4.57 Å². The lowest BCUT2D eigenvalue weighted by atomic mass is 10.2. The molecular weight excluding hydrogens is 387 g/mol. The zero-order valence-corrected chi connectivity index (χ0v) is 17.2. The number of methoxy groups -OCH3 is 1. The van der Waals surface area contributed by atoms with Crippen LogP contribution in [0.3, 0.4) is 0 Å². The minimum Gasteiger partial charge on any atom is -0.497 e. The van der Waals surface area contributed by atoms with E-state index in [1.807, 2.05) is 0 Å². The van der Waals surface area contributed by atoms with Gasteiger partial charge >= 0.3 is 7.60 Å². The van der Waals surface area contributed by atoms with Gasteiger partial charge in [-0.05, 0) is 49.8 Å². The molecule has 0 saturated carbocycles. The first-order valence-corrected chi connectivity index (χ1v) is 11.5. The van der Waals surface area contributed by atoms with Crippen LogP contribution in [0.15, 0.2) is 64.1 Å². The summed E-state index contributed by atoms with van der Waals surface area (Å²) in [6, 6.07) is 14.5. The molecule has 0 radical (unpaired) electrons. The van der Waals surface area contributed by atoms with Crippen LogP contribution in [0.1, 0.15) is 19.4 Å². The van der Waals surface area contributed by atoms with E-state index in [4.69, 9.17) is 13.8 Å². The number of hydrogen-bond acceptors (Lipinski definition) is 6. The molecule has 0 aliphatic rings. The lowest BCUT2D eigenvalue weighted by molar-refractivity contribution is 0.228. The van der Waals surface area contributed by atoms with E-state index < -0.39 is 22.1 Å². The molecule has 27 heavy (non-hydrogen) atoms. The second-order valence-electron chi connectivity index (χ2n) is 5.41. The van der Waals surface area contributed by atoms with Gasteiger partial charge in [-0.1, -0.05) is 30.3 Å². The molecule has 0 saturated heterocycles. The fraction of sp³-hybridized carbons (Fsp3) is 0.263. The first-order chi connectivity index (χ1) is 12.9. The highest BCUT2D eigenvalue weighted by molar-refractivity contribution is 8.03. The normalized spacial score (nSPS) is 12.8. The summed E-state index contributed by atoms with van der Waals surface area (Å²) in [5, 5.41) is 0. The van der Waals surface area contributed by atoms with Gasteiger partial charge in [-0.15, -0.1) is 0 Å². The Morgan fingerprint density at radius 2 is 1.52 bits per heavy atom. The molecule has 0 N–H and O–H groups in total. The third-order valence-electron chi connectivity index (χ3n) is 3.60. The number of ether oxygens (including phenoxy) is 1. The lowest BCUT2D eigenvalue weighted by Gasteiger charge is -2.20. The molecule has 0 spiro atoms. The summed E-state index contributed by atoms with van der Waals surface area (Å²) < 4.78 is 55.2. The zero-order chi connectivity index (χ0) is 19.9. The smallest absolute Gasteiger partial charge is 0.373 e. The van der Waals surface area contributed by atoms with Crippen molar-refractivity contribution in [2.45, 2.75) is 18.7 Å². The van der Waals surface area contributed by atoms with Gasteiger partial charge in [0, 0.05) is 0 Å². The van der Waals surface area contributed by atoms with Gasteiger partial charge in [0.2, 0.25) is 9.84 Å². The molecule has 0 fully saturated rings. The number of sulfone groups is 1.